The lowest BCUT2D eigenvalue weighted by molar-refractivity contribution is -0.139. The number of nitrogens with one attached hydrogen (secondary N) is 1. The summed E-state index contributed by atoms with van der Waals surface area (Å²) in [4.78, 5) is 22.3. The van der Waals surface area contributed by atoms with Gasteiger partial charge in [-0.05, 0) is 12.5 Å². The van der Waals surface area contributed by atoms with E-state index in [0.29, 0.717) is 0 Å². The number of alkyl carbamates (subject to hydrolysis) is 1. The Morgan fingerprint density at radius 2 is 1.86 bits per heavy atom. The number of carbonyl (C=O) groups is 2. The van der Waals surface area contributed by atoms with E-state index in [0.717, 1.165) is 5.56 Å². The second kappa shape index (κ2) is 2.83. The Hall–Kier alpha value is -1.84. The van der Waals surface area contributed by atoms with Crippen molar-refractivity contribution in [1.29, 1.82) is 0 Å². The lowest BCUT2D eigenvalue weighted by Crippen LogP contribution is -2.39. The molecule has 1 atom stereocenters. The number of amides is 1. The molecule has 0 bridgehead atoms. The molecule has 1 unspecified atom stereocenters. The number of cyclic esters (lactones) is 2. The molecule has 1 amide bonds. The van der Waals surface area contributed by atoms with Gasteiger partial charge in [-0.25, -0.2) is 9.59 Å². The molecule has 0 aromatic heterocycles. The third-order valence-electron chi connectivity index (χ3n) is 2.30. The highest BCUT2D eigenvalue weighted by molar-refractivity contribution is 5.99. The first kappa shape index (κ1) is 8.74. The Balaban J connectivity index is 2.43. The monoisotopic (exact) mass is 191 g/mol. The van der Waals surface area contributed by atoms with Crippen molar-refractivity contribution < 1.29 is 14.3 Å². The van der Waals surface area contributed by atoms with Gasteiger partial charge in [-0.15, -0.1) is 0 Å². The Morgan fingerprint density at radius 1 is 1.21 bits per heavy atom. The van der Waals surface area contributed by atoms with Gasteiger partial charge in [-0.2, -0.15) is 0 Å². The summed E-state index contributed by atoms with van der Waals surface area (Å²) in [6.45, 7) is 1.62. The first-order chi connectivity index (χ1) is 6.63. The lowest BCUT2D eigenvalue weighted by atomic mass is 9.93. The van der Waals surface area contributed by atoms with Gasteiger partial charge in [-0.3, -0.25) is 0 Å². The average molecular weight is 191 g/mol. The Labute approximate surface area is 80.9 Å². The highest BCUT2D eigenvalue weighted by atomic mass is 16.6. The van der Waals surface area contributed by atoms with Crippen LogP contribution in [0.3, 0.4) is 0 Å². The van der Waals surface area contributed by atoms with E-state index < -0.39 is 17.6 Å². The van der Waals surface area contributed by atoms with Gasteiger partial charge in [0.1, 0.15) is 0 Å². The van der Waals surface area contributed by atoms with Crippen molar-refractivity contribution in [3.8, 4) is 0 Å². The fourth-order valence-electron chi connectivity index (χ4n) is 1.43. The van der Waals surface area contributed by atoms with Crippen molar-refractivity contribution in [2.24, 2.45) is 0 Å². The molecule has 0 saturated carbocycles. The molecule has 1 fully saturated rings. The topological polar surface area (TPSA) is 55.4 Å². The average Bonchev–Trinajstić information content (AvgIpc) is 2.43. The van der Waals surface area contributed by atoms with Crippen LogP contribution in [0.5, 0.6) is 0 Å². The zero-order valence-corrected chi connectivity index (χ0v) is 7.61. The molecule has 0 spiro atoms. The van der Waals surface area contributed by atoms with Gasteiger partial charge in [0, 0.05) is 0 Å². The van der Waals surface area contributed by atoms with Gasteiger partial charge in [0.2, 0.25) is 0 Å². The first-order valence-corrected chi connectivity index (χ1v) is 4.23. The van der Waals surface area contributed by atoms with Gasteiger partial charge < -0.3 is 10.1 Å². The summed E-state index contributed by atoms with van der Waals surface area (Å²) in [5.74, 6) is -0.561. The molecule has 72 valence electrons. The lowest BCUT2D eigenvalue weighted by Gasteiger charge is -2.18. The molecule has 14 heavy (non-hydrogen) atoms. The van der Waals surface area contributed by atoms with E-state index >= 15 is 0 Å². The van der Waals surface area contributed by atoms with Gasteiger partial charge in [0.25, 0.3) is 0 Å². The summed E-state index contributed by atoms with van der Waals surface area (Å²) in [5, 5.41) is 2.49. The number of hydrogen-bond donors (Lipinski definition) is 1. The predicted octanol–water partition coefficient (Wildman–Crippen LogP) is 1.17. The third-order valence-corrected chi connectivity index (χ3v) is 2.30. The van der Waals surface area contributed by atoms with E-state index in [4.69, 9.17) is 0 Å². The van der Waals surface area contributed by atoms with Crippen LogP contribution in [0, 0.1) is 0 Å². The molecule has 1 saturated heterocycles. The molecule has 2 rings (SSSR count). The second-order valence-electron chi connectivity index (χ2n) is 3.29. The molecule has 1 aromatic carbocycles. The molecule has 0 radical (unpaired) electrons. The minimum Gasteiger partial charge on any atom is -0.374 e. The predicted molar refractivity (Wildman–Crippen MR) is 48.4 cm³/mol. The Morgan fingerprint density at radius 3 is 2.36 bits per heavy atom. The maximum absolute atomic E-state index is 11.4. The number of benzene rings is 1. The molecule has 1 heterocycles. The maximum Gasteiger partial charge on any atom is 0.416 e. The molecule has 4 nitrogen and oxygen atoms in total. The van der Waals surface area contributed by atoms with Crippen LogP contribution < -0.4 is 5.32 Å². The quantitative estimate of drug-likeness (QED) is 0.535. The van der Waals surface area contributed by atoms with Crippen LogP contribution in [-0.4, -0.2) is 12.1 Å². The standard InChI is InChI=1S/C10H9NO3/c1-10(7-5-3-2-4-6-7)8(12)14-9(13)11-10/h2-6H,1H3,(H,11,13). The molecular formula is C10H9NO3. The van der Waals surface area contributed by atoms with Crippen LogP contribution in [0.25, 0.3) is 0 Å². The van der Waals surface area contributed by atoms with Crippen molar-refractivity contribution in [3.63, 3.8) is 0 Å². The SMILES string of the molecule is CC1(c2ccccc2)NC(=O)OC1=O. The highest BCUT2D eigenvalue weighted by Crippen LogP contribution is 2.26. The summed E-state index contributed by atoms with van der Waals surface area (Å²) in [6, 6.07) is 8.99. The second-order valence-corrected chi connectivity index (χ2v) is 3.29. The largest absolute Gasteiger partial charge is 0.416 e. The number of hydrogen-bond acceptors (Lipinski definition) is 3. The molecule has 1 aliphatic heterocycles. The van der Waals surface area contributed by atoms with E-state index in [2.05, 4.69) is 10.1 Å². The van der Waals surface area contributed by atoms with Gasteiger partial charge in [0.15, 0.2) is 5.54 Å². The fraction of sp³-hybridized carbons (Fsp3) is 0.200. The molecule has 1 N–H and O–H groups in total. The minimum atomic E-state index is -1.04. The zero-order chi connectivity index (χ0) is 10.2. The van der Waals surface area contributed by atoms with E-state index in [1.807, 2.05) is 6.07 Å². The molecule has 4 heteroatoms. The molecule has 1 aromatic rings. The van der Waals surface area contributed by atoms with Crippen molar-refractivity contribution in [2.45, 2.75) is 12.5 Å². The van der Waals surface area contributed by atoms with E-state index in [9.17, 15) is 9.59 Å². The maximum atomic E-state index is 11.4. The number of rotatable bonds is 1. The minimum absolute atomic E-state index is 0.561. The van der Waals surface area contributed by atoms with Gasteiger partial charge >= 0.3 is 12.1 Å². The smallest absolute Gasteiger partial charge is 0.374 e. The van der Waals surface area contributed by atoms with Gasteiger partial charge in [-0.1, -0.05) is 30.3 Å². The summed E-state index contributed by atoms with van der Waals surface area (Å²) < 4.78 is 4.44. The van der Waals surface area contributed by atoms with E-state index in [1.165, 1.54) is 0 Å². The Bertz CT molecular complexity index is 388. The zero-order valence-electron chi connectivity index (χ0n) is 7.61. The van der Waals surface area contributed by atoms with Crippen LogP contribution in [-0.2, 0) is 15.1 Å². The van der Waals surface area contributed by atoms with Crippen molar-refractivity contribution in [2.75, 3.05) is 0 Å². The van der Waals surface area contributed by atoms with E-state index in [-0.39, 0.29) is 0 Å². The summed E-state index contributed by atoms with van der Waals surface area (Å²) in [5.41, 5.74) is -0.325. The van der Waals surface area contributed by atoms with Crippen molar-refractivity contribution in [3.05, 3.63) is 35.9 Å². The van der Waals surface area contributed by atoms with Crippen LogP contribution in [0.1, 0.15) is 12.5 Å². The number of ether oxygens (including phenoxy) is 1. The Kier molecular flexibility index (Phi) is 1.77. The van der Waals surface area contributed by atoms with Crippen LogP contribution in [0.15, 0.2) is 30.3 Å². The van der Waals surface area contributed by atoms with Gasteiger partial charge in [0.05, 0.1) is 0 Å². The summed E-state index contributed by atoms with van der Waals surface area (Å²) in [6.07, 6.45) is -0.693. The fourth-order valence-corrected chi connectivity index (χ4v) is 1.43. The van der Waals surface area contributed by atoms with Crippen LogP contribution in [0.4, 0.5) is 4.79 Å². The number of carbonyl (C=O) groups excluding carboxylic acids is 2. The van der Waals surface area contributed by atoms with Crippen molar-refractivity contribution >= 4 is 12.1 Å². The summed E-state index contributed by atoms with van der Waals surface area (Å²) >= 11 is 0. The molecule has 0 aliphatic carbocycles. The van der Waals surface area contributed by atoms with E-state index in [1.54, 1.807) is 31.2 Å². The highest BCUT2D eigenvalue weighted by Gasteiger charge is 2.45. The summed E-state index contributed by atoms with van der Waals surface area (Å²) in [7, 11) is 0. The number of esters is 1. The van der Waals surface area contributed by atoms with Crippen molar-refractivity contribution in [1.82, 2.24) is 5.32 Å². The third kappa shape index (κ3) is 1.16. The normalized spacial score (nSPS) is 25.8. The molecular weight excluding hydrogens is 182 g/mol. The van der Waals surface area contributed by atoms with Crippen LogP contribution >= 0.6 is 0 Å². The van der Waals surface area contributed by atoms with Crippen LogP contribution in [0.2, 0.25) is 0 Å². The first-order valence-electron chi connectivity index (χ1n) is 4.23. The molecule has 1 aliphatic rings.